The Morgan fingerprint density at radius 3 is 0.900 bits per heavy atom. The molecule has 0 heterocycles. The van der Waals surface area contributed by atoms with Crippen molar-refractivity contribution in [3.05, 3.63) is 0 Å². The molecule has 0 spiro atoms. The fraction of sp³-hybridized carbons (Fsp3) is 0.750. The zero-order chi connectivity index (χ0) is 16.7. The van der Waals surface area contributed by atoms with Gasteiger partial charge < -0.3 is 9.11 Å². The van der Waals surface area contributed by atoms with Gasteiger partial charge in [0.2, 0.25) is 0 Å². The van der Waals surface area contributed by atoms with Crippen molar-refractivity contribution in [2.24, 2.45) is 0 Å². The fourth-order valence-electron chi connectivity index (χ4n) is 0. The summed E-state index contributed by atoms with van der Waals surface area (Å²) in [6.45, 7) is 1.43. The van der Waals surface area contributed by atoms with E-state index in [2.05, 4.69) is 0 Å². The second-order valence-corrected chi connectivity index (χ2v) is 4.77. The molecule has 116 valence electrons. The van der Waals surface area contributed by atoms with E-state index < -0.39 is 31.3 Å². The van der Waals surface area contributed by atoms with E-state index in [1.54, 1.807) is 6.07 Å². The van der Waals surface area contributed by atoms with Crippen molar-refractivity contribution in [2.75, 3.05) is 0 Å². The summed E-state index contributed by atoms with van der Waals surface area (Å²) in [6.07, 6.45) is 0. The molecule has 20 heavy (non-hydrogen) atoms. The molecule has 0 aromatic rings. The predicted molar refractivity (Wildman–Crippen MR) is 42.8 cm³/mol. The molecular weight excluding hydrogens is 402 g/mol. The maximum atomic E-state index is 10.7. The van der Waals surface area contributed by atoms with Crippen molar-refractivity contribution >= 4 is 20.2 Å². The second-order valence-electron chi connectivity index (χ2n) is 2.02. The molecule has 0 aromatic heterocycles. The first-order valence-electron chi connectivity index (χ1n) is 3.27. The van der Waals surface area contributed by atoms with Crippen molar-refractivity contribution in [1.29, 1.82) is 5.26 Å². The maximum absolute atomic E-state index is 10.7. The largest absolute Gasteiger partial charge is 2.00 e. The van der Waals surface area contributed by atoms with Crippen LogP contribution in [-0.4, -0.2) is 37.0 Å². The van der Waals surface area contributed by atoms with Crippen molar-refractivity contribution in [3.63, 3.8) is 0 Å². The summed E-state index contributed by atoms with van der Waals surface area (Å²) < 4.78 is 118. The summed E-state index contributed by atoms with van der Waals surface area (Å²) in [5, 5.41) is 7.32. The monoisotopic (exact) mass is 403 g/mol. The van der Waals surface area contributed by atoms with Gasteiger partial charge in [-0.15, -0.1) is 0 Å². The molecule has 16 heteroatoms. The predicted octanol–water partition coefficient (Wildman–Crippen LogP) is 0.630. The van der Waals surface area contributed by atoms with Gasteiger partial charge in [-0.05, 0) is 0 Å². The molecule has 0 rings (SSSR count). The first kappa shape index (κ1) is 27.8. The molecule has 0 aliphatic heterocycles. The van der Waals surface area contributed by atoms with E-state index in [0.29, 0.717) is 0 Å². The molecule has 0 amide bonds. The van der Waals surface area contributed by atoms with E-state index in [0.717, 1.165) is 0 Å². The molecule has 0 aliphatic rings. The summed E-state index contributed by atoms with van der Waals surface area (Å²) in [7, 11) is -12.2. The standard InChI is InChI=1S/C2H3N.2CHF3O3S.Zn/c1-2-3;2*2-1(3,4)8(5,6)7;/h1H3;2*(H,5,6,7);/q;;;+2/p-2. The smallest absolute Gasteiger partial charge is 0.741 e. The number of rotatable bonds is 0. The van der Waals surface area contributed by atoms with Crippen LogP contribution in [-0.2, 0) is 39.7 Å². The SMILES string of the molecule is CC#N.O=S(=O)([O-])C(F)(F)F.O=S(=O)([O-])C(F)(F)F.[Zn+2]. The minimum absolute atomic E-state index is 0. The first-order valence-corrected chi connectivity index (χ1v) is 6.08. The molecule has 0 bridgehead atoms. The van der Waals surface area contributed by atoms with Gasteiger partial charge in [0, 0.05) is 6.92 Å². The normalized spacial score (nSPS) is 11.6. The zero-order valence-corrected chi connectivity index (χ0v) is 13.8. The van der Waals surface area contributed by atoms with Gasteiger partial charge in [0.15, 0.2) is 20.2 Å². The van der Waals surface area contributed by atoms with Crippen LogP contribution in [0.4, 0.5) is 26.3 Å². The Morgan fingerprint density at radius 2 is 0.900 bits per heavy atom. The summed E-state index contributed by atoms with van der Waals surface area (Å²) >= 11 is 0. The fourth-order valence-corrected chi connectivity index (χ4v) is 0. The van der Waals surface area contributed by atoms with Crippen LogP contribution in [0.5, 0.6) is 0 Å². The third kappa shape index (κ3) is 15.6. The Bertz CT molecular complexity index is 459. The van der Waals surface area contributed by atoms with Gasteiger partial charge in [-0.1, -0.05) is 0 Å². The van der Waals surface area contributed by atoms with Crippen molar-refractivity contribution in [3.8, 4) is 6.07 Å². The molecule has 0 N–H and O–H groups in total. The average molecular weight is 405 g/mol. The number of halogens is 6. The molecule has 0 fully saturated rings. The molecule has 0 radical (unpaired) electrons. The molecule has 0 saturated carbocycles. The third-order valence-corrected chi connectivity index (χ3v) is 1.70. The Labute approximate surface area is 121 Å². The number of hydrogen-bond acceptors (Lipinski definition) is 7. The number of alkyl halides is 6. The van der Waals surface area contributed by atoms with Gasteiger partial charge in [0.05, 0.1) is 6.07 Å². The van der Waals surface area contributed by atoms with E-state index in [9.17, 15) is 26.3 Å². The van der Waals surface area contributed by atoms with Crippen LogP contribution >= 0.6 is 0 Å². The Kier molecular flexibility index (Phi) is 13.1. The van der Waals surface area contributed by atoms with Crippen LogP contribution in [0, 0.1) is 11.3 Å². The zero-order valence-electron chi connectivity index (χ0n) is 9.19. The van der Waals surface area contributed by atoms with Gasteiger partial charge in [-0.2, -0.15) is 31.6 Å². The summed E-state index contributed by atoms with van der Waals surface area (Å²) in [5.41, 5.74) is -11.3. The van der Waals surface area contributed by atoms with Crippen molar-refractivity contribution in [1.82, 2.24) is 0 Å². The van der Waals surface area contributed by atoms with Gasteiger partial charge in [0.25, 0.3) is 0 Å². The molecule has 7 nitrogen and oxygen atoms in total. The van der Waals surface area contributed by atoms with Crippen LogP contribution in [0.3, 0.4) is 0 Å². The van der Waals surface area contributed by atoms with Crippen molar-refractivity contribution in [2.45, 2.75) is 17.9 Å². The molecular formula is C4H3F6NO6S2Zn. The van der Waals surface area contributed by atoms with Gasteiger partial charge >= 0.3 is 30.5 Å². The maximum Gasteiger partial charge on any atom is 2.00 e. The van der Waals surface area contributed by atoms with Crippen LogP contribution < -0.4 is 0 Å². The quantitative estimate of drug-likeness (QED) is 0.250. The molecule has 0 atom stereocenters. The topological polar surface area (TPSA) is 138 Å². The minimum Gasteiger partial charge on any atom is -0.741 e. The summed E-state index contributed by atoms with van der Waals surface area (Å²) in [4.78, 5) is 0. The Morgan fingerprint density at radius 1 is 0.850 bits per heavy atom. The van der Waals surface area contributed by atoms with Crippen molar-refractivity contribution < 1.29 is 71.8 Å². The van der Waals surface area contributed by atoms with Gasteiger partial charge in [-0.25, -0.2) is 16.8 Å². The summed E-state index contributed by atoms with van der Waals surface area (Å²) in [5.74, 6) is 0. The second kappa shape index (κ2) is 9.45. The Hall–Kier alpha value is -0.487. The molecule has 0 aromatic carbocycles. The van der Waals surface area contributed by atoms with Crippen LogP contribution in [0.25, 0.3) is 0 Å². The third-order valence-electron chi connectivity index (χ3n) is 0.567. The van der Waals surface area contributed by atoms with E-state index in [4.69, 9.17) is 31.2 Å². The number of hydrogen-bond donors (Lipinski definition) is 0. The van der Waals surface area contributed by atoms with E-state index in [-0.39, 0.29) is 19.5 Å². The van der Waals surface area contributed by atoms with E-state index in [1.807, 2.05) is 0 Å². The first-order chi connectivity index (χ1) is 7.91. The number of nitriles is 1. The van der Waals surface area contributed by atoms with Gasteiger partial charge in [-0.3, -0.25) is 0 Å². The Balaban J connectivity index is -0.000000103. The van der Waals surface area contributed by atoms with Crippen LogP contribution in [0.1, 0.15) is 6.92 Å². The number of nitrogens with zero attached hydrogens (tertiary/aromatic N) is 1. The van der Waals surface area contributed by atoms with Crippen LogP contribution in [0.2, 0.25) is 0 Å². The van der Waals surface area contributed by atoms with Crippen LogP contribution in [0.15, 0.2) is 0 Å². The van der Waals surface area contributed by atoms with E-state index in [1.165, 1.54) is 6.92 Å². The summed E-state index contributed by atoms with van der Waals surface area (Å²) in [6, 6.07) is 1.75. The average Bonchev–Trinajstić information content (AvgIpc) is 1.97. The molecule has 0 aliphatic carbocycles. The minimum atomic E-state index is -6.09. The van der Waals surface area contributed by atoms with E-state index >= 15 is 0 Å². The van der Waals surface area contributed by atoms with Gasteiger partial charge in [0.1, 0.15) is 0 Å². The molecule has 0 unspecified atom stereocenters. The molecule has 0 saturated heterocycles.